The van der Waals surface area contributed by atoms with Crippen LogP contribution in [0.3, 0.4) is 0 Å². The van der Waals surface area contributed by atoms with Gasteiger partial charge in [-0.3, -0.25) is 0 Å². The molecule has 0 unspecified atom stereocenters. The van der Waals surface area contributed by atoms with Gasteiger partial charge in [0, 0.05) is 38.6 Å². The Labute approximate surface area is 370 Å². The van der Waals surface area contributed by atoms with Crippen LogP contribution in [0.1, 0.15) is 49.4 Å². The van der Waals surface area contributed by atoms with E-state index >= 15 is 0 Å². The molecule has 10 aromatic rings. The van der Waals surface area contributed by atoms with Crippen molar-refractivity contribution in [3.05, 3.63) is 199 Å². The first-order valence-electron chi connectivity index (χ1n) is 32.2. The number of rotatable bonds is 7. The summed E-state index contributed by atoms with van der Waals surface area (Å²) in [5, 5.41) is -1.40. The van der Waals surface area contributed by atoms with Crippen LogP contribution in [0.25, 0.3) is 101 Å². The highest BCUT2D eigenvalue weighted by Gasteiger charge is 2.19. The summed E-state index contributed by atoms with van der Waals surface area (Å²) in [5.74, 6) is -2.69. The fourth-order valence-electron chi connectivity index (χ4n) is 5.57. The summed E-state index contributed by atoms with van der Waals surface area (Å²) in [4.78, 5) is 13.0. The van der Waals surface area contributed by atoms with E-state index in [0.717, 1.165) is 0 Å². The lowest BCUT2D eigenvalue weighted by Crippen LogP contribution is -2.00. The highest BCUT2D eigenvalue weighted by Crippen LogP contribution is 2.43. The van der Waals surface area contributed by atoms with Gasteiger partial charge in [-0.1, -0.05) is 175 Å². The molecule has 0 amide bonds. The smallest absolute Gasteiger partial charge is 0.164 e. The average molecular weight is 750 g/mol. The summed E-state index contributed by atoms with van der Waals surface area (Å²) >= 11 is 0. The van der Waals surface area contributed by atoms with Crippen molar-refractivity contribution in [2.75, 3.05) is 0 Å². The SMILES string of the molecule is [2H]c1c([2H])c([2H])c(-c2c([2H])c([2H])c(-c3nc(-c4c([2H])c([2H])c([2H])c(C)c4[2H])nc(-c4c([2H])c([2H])c([2H])c(-c5c([2H])c([2H])c([2H])c6c5oc5c(-c7c([2H])c([2H])c([2H])c([2H])c7[2H])c([2H])c(-c7c([2H])c([2H])c([2H])c([2H])c7[2H])c([2H])c56)c4[2H])n3)c([2H])c2[2H])c([2H])c1[2H]. The number of nitrogens with zero attached hydrogens (tertiary/aromatic N) is 3. The Morgan fingerprint density at radius 1 is 0.339 bits per heavy atom. The van der Waals surface area contributed by atoms with E-state index in [-0.39, 0.29) is 5.56 Å². The second-order valence-electron chi connectivity index (χ2n) is 11.6. The zero-order valence-electron chi connectivity index (χ0n) is 60.2. The Morgan fingerprint density at radius 3 is 1.50 bits per heavy atom. The first-order valence-corrected chi connectivity index (χ1v) is 16.2. The van der Waals surface area contributed by atoms with E-state index in [1.165, 1.54) is 6.92 Å². The predicted molar refractivity (Wildman–Crippen MR) is 230 cm³/mol. The normalized spacial score (nSPS) is 19.3. The maximum absolute atomic E-state index is 9.89. The first-order chi connectivity index (χ1) is 41.0. The predicted octanol–water partition coefficient (Wildman–Crippen LogP) is 13.7. The summed E-state index contributed by atoms with van der Waals surface area (Å²) in [5.41, 5.74) is -10.8. The van der Waals surface area contributed by atoms with Crippen LogP contribution in [0.2, 0.25) is 0 Å². The van der Waals surface area contributed by atoms with Crippen LogP contribution >= 0.6 is 0 Å². The average Bonchev–Trinajstić information content (AvgIpc) is 1.48. The topological polar surface area (TPSA) is 51.8 Å². The lowest BCUT2D eigenvalue weighted by molar-refractivity contribution is 0.671. The van der Waals surface area contributed by atoms with Crippen LogP contribution in [-0.4, -0.2) is 15.0 Å². The van der Waals surface area contributed by atoms with Crippen molar-refractivity contribution in [2.45, 2.75) is 6.92 Å². The number of hydrogen-bond donors (Lipinski definition) is 0. The minimum Gasteiger partial charge on any atom is -0.455 e. The third-order valence-electron chi connectivity index (χ3n) is 8.04. The van der Waals surface area contributed by atoms with E-state index in [0.29, 0.717) is 0 Å². The fourth-order valence-corrected chi connectivity index (χ4v) is 5.57. The molecule has 0 fully saturated rings. The second kappa shape index (κ2) is 14.1. The van der Waals surface area contributed by atoms with Gasteiger partial charge in [-0.15, -0.1) is 0 Å². The number of para-hydroxylation sites is 1. The molecule has 4 heteroatoms. The molecule has 0 N–H and O–H groups in total. The Bertz CT molecular complexity index is 4760. The van der Waals surface area contributed by atoms with E-state index in [4.69, 9.17) is 33.2 Å². The minimum atomic E-state index is -1.12. The summed E-state index contributed by atoms with van der Waals surface area (Å²) < 4.78 is 291. The summed E-state index contributed by atoms with van der Waals surface area (Å²) in [6, 6.07) is -30.6. The molecule has 0 aliphatic heterocycles. The molecule has 4 nitrogen and oxygen atoms in total. The summed E-state index contributed by atoms with van der Waals surface area (Å²) in [7, 11) is 0. The standard InChI is InChI=1S/C52H35N3O/c1-34-14-11-22-41(30-34)51-53-50(39-28-26-37(27-29-39)35-15-5-2-6-16-35)54-52(55-51)42-23-12-21-40(31-42)44-24-13-25-45-47-33-43(36-17-7-3-8-18-36)32-46(49(47)56-48(44)45)38-19-9-4-10-20-38/h2-33H,1H3/i2D,3D,4D,5D,6D,7D,8D,9D,10D,11D,12D,13D,14D,15D,16D,17D,18D,19D,20D,21D,22D,23D,24D,25D,26D,27D,28D,29D,30D,31D,32D,33D. The highest BCUT2D eigenvalue weighted by atomic mass is 16.3. The van der Waals surface area contributed by atoms with E-state index in [9.17, 15) is 15.1 Å². The Morgan fingerprint density at radius 2 is 0.821 bits per heavy atom. The lowest BCUT2D eigenvalue weighted by Gasteiger charge is -2.10. The van der Waals surface area contributed by atoms with Gasteiger partial charge in [0.2, 0.25) is 0 Å². The molecular formula is C52H35N3O. The van der Waals surface area contributed by atoms with Gasteiger partial charge in [0.05, 0.1) is 43.9 Å². The summed E-state index contributed by atoms with van der Waals surface area (Å²) in [6.45, 7) is 1.24. The molecule has 56 heavy (non-hydrogen) atoms. The van der Waals surface area contributed by atoms with Gasteiger partial charge in [0.1, 0.15) is 11.2 Å². The van der Waals surface area contributed by atoms with Crippen molar-refractivity contribution in [2.24, 2.45) is 0 Å². The number of furan rings is 1. The fraction of sp³-hybridized carbons (Fsp3) is 0.0192. The molecule has 8 aromatic carbocycles. The van der Waals surface area contributed by atoms with Crippen LogP contribution in [0.4, 0.5) is 0 Å². The molecule has 0 saturated carbocycles. The Balaban J connectivity index is 1.37. The van der Waals surface area contributed by atoms with Crippen molar-refractivity contribution < 1.29 is 48.3 Å². The largest absolute Gasteiger partial charge is 0.455 e. The van der Waals surface area contributed by atoms with E-state index < -0.39 is 294 Å². The zero-order valence-corrected chi connectivity index (χ0v) is 28.2. The van der Waals surface area contributed by atoms with Crippen LogP contribution in [0, 0.1) is 6.92 Å². The molecule has 0 aliphatic rings. The van der Waals surface area contributed by atoms with E-state index in [2.05, 4.69) is 15.0 Å². The van der Waals surface area contributed by atoms with Crippen molar-refractivity contribution >= 4 is 21.9 Å². The second-order valence-corrected chi connectivity index (χ2v) is 11.6. The maximum Gasteiger partial charge on any atom is 0.164 e. The summed E-state index contributed by atoms with van der Waals surface area (Å²) in [6.07, 6.45) is 0. The maximum atomic E-state index is 9.89. The van der Waals surface area contributed by atoms with Gasteiger partial charge >= 0.3 is 0 Å². The van der Waals surface area contributed by atoms with E-state index in [1.807, 2.05) is 0 Å². The molecule has 2 heterocycles. The Kier molecular flexibility index (Phi) is 3.45. The number of aromatic nitrogens is 3. The molecule has 0 bridgehead atoms. The molecule has 10 rings (SSSR count). The number of benzene rings is 8. The third kappa shape index (κ3) is 6.23. The van der Waals surface area contributed by atoms with Crippen molar-refractivity contribution in [3.63, 3.8) is 0 Å². The number of hydrogen-bond acceptors (Lipinski definition) is 4. The molecular weight excluding hydrogens is 683 g/mol. The first kappa shape index (κ1) is 13.7. The van der Waals surface area contributed by atoms with E-state index in [1.54, 1.807) is 0 Å². The molecule has 0 radical (unpaired) electrons. The molecule has 0 atom stereocenters. The van der Waals surface area contributed by atoms with Crippen molar-refractivity contribution in [1.29, 1.82) is 0 Å². The van der Waals surface area contributed by atoms with Crippen LogP contribution in [0.15, 0.2) is 198 Å². The van der Waals surface area contributed by atoms with Crippen LogP contribution < -0.4 is 0 Å². The molecule has 2 aromatic heterocycles. The monoisotopic (exact) mass is 749 g/mol. The Hall–Kier alpha value is -7.43. The van der Waals surface area contributed by atoms with Gasteiger partial charge in [0.15, 0.2) is 17.5 Å². The van der Waals surface area contributed by atoms with Gasteiger partial charge < -0.3 is 4.42 Å². The van der Waals surface area contributed by atoms with Crippen LogP contribution in [0.5, 0.6) is 0 Å². The van der Waals surface area contributed by atoms with Gasteiger partial charge in [-0.2, -0.15) is 0 Å². The molecule has 0 spiro atoms. The van der Waals surface area contributed by atoms with Crippen LogP contribution in [-0.2, 0) is 0 Å². The molecule has 264 valence electrons. The van der Waals surface area contributed by atoms with Gasteiger partial charge in [-0.25, -0.2) is 15.0 Å². The lowest BCUT2D eigenvalue weighted by atomic mass is 9.95. The van der Waals surface area contributed by atoms with Gasteiger partial charge in [-0.05, 0) is 64.5 Å². The molecule has 0 aliphatic carbocycles. The quantitative estimate of drug-likeness (QED) is 0.163. The van der Waals surface area contributed by atoms with Crippen molar-refractivity contribution in [3.8, 4) is 78.7 Å². The minimum absolute atomic E-state index is 0.214. The number of fused-ring (bicyclic) bond motifs is 3. The molecule has 0 saturated heterocycles. The third-order valence-corrected chi connectivity index (χ3v) is 8.04. The zero-order chi connectivity index (χ0) is 65.3. The highest BCUT2D eigenvalue weighted by molar-refractivity contribution is 6.14. The van der Waals surface area contributed by atoms with Crippen molar-refractivity contribution in [1.82, 2.24) is 15.0 Å². The van der Waals surface area contributed by atoms with Gasteiger partial charge in [0.25, 0.3) is 0 Å².